The number of carbonyl (C=O) groups is 1. The van der Waals surface area contributed by atoms with Crippen molar-refractivity contribution < 1.29 is 13.6 Å². The van der Waals surface area contributed by atoms with E-state index in [1.807, 2.05) is 18.2 Å². The number of nitrogens with one attached hydrogen (secondary N) is 3. The van der Waals surface area contributed by atoms with Gasteiger partial charge in [-0.3, -0.25) is 4.79 Å². The van der Waals surface area contributed by atoms with E-state index in [4.69, 9.17) is 0 Å². The van der Waals surface area contributed by atoms with Gasteiger partial charge in [0.05, 0.1) is 6.42 Å². The summed E-state index contributed by atoms with van der Waals surface area (Å²) in [5.41, 5.74) is 1.42. The molecule has 0 aliphatic carbocycles. The lowest BCUT2D eigenvalue weighted by Crippen LogP contribution is -2.15. The summed E-state index contributed by atoms with van der Waals surface area (Å²) in [4.78, 5) is 25.2. The largest absolute Gasteiger partial charge is 0.340 e. The Morgan fingerprint density at radius 3 is 2.27 bits per heavy atom. The second kappa shape index (κ2) is 9.82. The molecule has 0 aliphatic heterocycles. The summed E-state index contributed by atoms with van der Waals surface area (Å²) in [7, 11) is 0. The average molecular weight is 446 g/mol. The Kier molecular flexibility index (Phi) is 6.49. The van der Waals surface area contributed by atoms with Crippen molar-refractivity contribution >= 4 is 34.7 Å². The molecule has 0 fully saturated rings. The van der Waals surface area contributed by atoms with Crippen LogP contribution in [-0.4, -0.2) is 20.9 Å². The Morgan fingerprint density at radius 2 is 1.58 bits per heavy atom. The monoisotopic (exact) mass is 446 g/mol. The van der Waals surface area contributed by atoms with Crippen molar-refractivity contribution in [2.75, 3.05) is 16.0 Å². The first-order chi connectivity index (χ1) is 15.9. The standard InChI is InChI=1S/C24H20F2N6O/c1-15-28-22(14-23(29-15)32-21-4-2-3-11-27-21)30-18-7-9-19(10-8-18)31-24(33)12-16-5-6-17(25)13-20(16)26/h2-11,13-14H,12H2,1H3,(H,31,33)(H2,27,28,29,30,32). The average Bonchev–Trinajstić information content (AvgIpc) is 2.77. The smallest absolute Gasteiger partial charge is 0.228 e. The van der Waals surface area contributed by atoms with E-state index in [0.717, 1.165) is 17.8 Å². The highest BCUT2D eigenvalue weighted by atomic mass is 19.1. The Balaban J connectivity index is 1.39. The van der Waals surface area contributed by atoms with Crippen LogP contribution < -0.4 is 16.0 Å². The molecule has 0 unspecified atom stereocenters. The molecule has 4 aromatic rings. The van der Waals surface area contributed by atoms with Gasteiger partial charge in [-0.1, -0.05) is 12.1 Å². The van der Waals surface area contributed by atoms with Crippen LogP contribution in [0.5, 0.6) is 0 Å². The summed E-state index contributed by atoms with van der Waals surface area (Å²) in [6.07, 6.45) is 1.49. The molecule has 33 heavy (non-hydrogen) atoms. The lowest BCUT2D eigenvalue weighted by molar-refractivity contribution is -0.115. The highest BCUT2D eigenvalue weighted by molar-refractivity contribution is 5.92. The second-order valence-electron chi connectivity index (χ2n) is 7.19. The van der Waals surface area contributed by atoms with Gasteiger partial charge in [0, 0.05) is 29.7 Å². The number of aromatic nitrogens is 3. The van der Waals surface area contributed by atoms with E-state index >= 15 is 0 Å². The van der Waals surface area contributed by atoms with Crippen molar-refractivity contribution in [2.24, 2.45) is 0 Å². The first-order valence-electron chi connectivity index (χ1n) is 10.1. The van der Waals surface area contributed by atoms with Crippen LogP contribution in [0, 0.1) is 18.6 Å². The van der Waals surface area contributed by atoms with Gasteiger partial charge >= 0.3 is 0 Å². The van der Waals surface area contributed by atoms with Crippen LogP contribution in [0.25, 0.3) is 0 Å². The van der Waals surface area contributed by atoms with Crippen molar-refractivity contribution in [1.82, 2.24) is 15.0 Å². The van der Waals surface area contributed by atoms with E-state index in [2.05, 4.69) is 30.9 Å². The lowest BCUT2D eigenvalue weighted by atomic mass is 10.1. The Labute approximate surface area is 188 Å². The summed E-state index contributed by atoms with van der Waals surface area (Å²) in [6, 6.07) is 17.4. The van der Waals surface area contributed by atoms with Crippen LogP contribution in [0.1, 0.15) is 11.4 Å². The van der Waals surface area contributed by atoms with Crippen LogP contribution in [0.3, 0.4) is 0 Å². The van der Waals surface area contributed by atoms with Gasteiger partial charge in [-0.25, -0.2) is 23.7 Å². The zero-order chi connectivity index (χ0) is 23.2. The predicted octanol–water partition coefficient (Wildman–Crippen LogP) is 5.13. The van der Waals surface area contributed by atoms with Crippen LogP contribution in [-0.2, 0) is 11.2 Å². The molecular weight excluding hydrogens is 426 g/mol. The zero-order valence-corrected chi connectivity index (χ0v) is 17.6. The molecule has 1 amide bonds. The fourth-order valence-electron chi connectivity index (χ4n) is 3.09. The molecule has 0 spiro atoms. The number of carbonyl (C=O) groups excluding carboxylic acids is 1. The third-order valence-corrected chi connectivity index (χ3v) is 4.57. The number of pyridine rings is 1. The SMILES string of the molecule is Cc1nc(Nc2ccc(NC(=O)Cc3ccc(F)cc3F)cc2)cc(Nc2ccccn2)n1. The topological polar surface area (TPSA) is 91.8 Å². The van der Waals surface area contributed by atoms with E-state index in [1.54, 1.807) is 43.5 Å². The maximum Gasteiger partial charge on any atom is 0.228 e. The molecule has 2 heterocycles. The molecule has 0 saturated heterocycles. The third-order valence-electron chi connectivity index (χ3n) is 4.57. The number of anilines is 5. The molecule has 2 aromatic carbocycles. The summed E-state index contributed by atoms with van der Waals surface area (Å²) in [5, 5.41) is 9.03. The Hall–Kier alpha value is -4.40. The number of aryl methyl sites for hydroxylation is 1. The van der Waals surface area contributed by atoms with E-state index in [1.165, 1.54) is 6.07 Å². The highest BCUT2D eigenvalue weighted by Crippen LogP contribution is 2.21. The van der Waals surface area contributed by atoms with Gasteiger partial charge < -0.3 is 16.0 Å². The van der Waals surface area contributed by atoms with Crippen LogP contribution in [0.2, 0.25) is 0 Å². The van der Waals surface area contributed by atoms with Crippen molar-refractivity contribution in [3.05, 3.63) is 95.9 Å². The number of benzene rings is 2. The quantitative estimate of drug-likeness (QED) is 0.365. The third kappa shape index (κ3) is 6.07. The number of rotatable bonds is 7. The minimum absolute atomic E-state index is 0.126. The number of hydrogen-bond acceptors (Lipinski definition) is 6. The molecule has 4 rings (SSSR count). The minimum Gasteiger partial charge on any atom is -0.340 e. The molecule has 2 aromatic heterocycles. The molecule has 0 saturated carbocycles. The van der Waals surface area contributed by atoms with Crippen molar-refractivity contribution in [1.29, 1.82) is 0 Å². The van der Waals surface area contributed by atoms with E-state index in [9.17, 15) is 13.6 Å². The van der Waals surface area contributed by atoms with Crippen molar-refractivity contribution in [3.63, 3.8) is 0 Å². The molecule has 0 radical (unpaired) electrons. The fraction of sp³-hybridized carbons (Fsp3) is 0.0833. The first kappa shape index (κ1) is 21.8. The minimum atomic E-state index is -0.748. The zero-order valence-electron chi connectivity index (χ0n) is 17.6. The normalized spacial score (nSPS) is 10.5. The second-order valence-corrected chi connectivity index (χ2v) is 7.19. The summed E-state index contributed by atoms with van der Waals surface area (Å²) in [5.74, 6) is 0.598. The lowest BCUT2D eigenvalue weighted by Gasteiger charge is -2.11. The van der Waals surface area contributed by atoms with Gasteiger partial charge in [0.15, 0.2) is 0 Å². The van der Waals surface area contributed by atoms with Crippen LogP contribution in [0.4, 0.5) is 37.6 Å². The summed E-state index contributed by atoms with van der Waals surface area (Å²) >= 11 is 0. The molecule has 0 bridgehead atoms. The summed E-state index contributed by atoms with van der Waals surface area (Å²) < 4.78 is 26.7. The first-order valence-corrected chi connectivity index (χ1v) is 10.1. The van der Waals surface area contributed by atoms with Gasteiger partial charge in [-0.2, -0.15) is 0 Å². The molecule has 3 N–H and O–H groups in total. The van der Waals surface area contributed by atoms with E-state index in [0.29, 0.717) is 29.0 Å². The van der Waals surface area contributed by atoms with Gasteiger partial charge in [0.25, 0.3) is 0 Å². The molecule has 0 atom stereocenters. The Morgan fingerprint density at radius 1 is 0.848 bits per heavy atom. The van der Waals surface area contributed by atoms with Gasteiger partial charge in [-0.15, -0.1) is 0 Å². The highest BCUT2D eigenvalue weighted by Gasteiger charge is 2.10. The molecule has 7 nitrogen and oxygen atoms in total. The van der Waals surface area contributed by atoms with E-state index < -0.39 is 17.5 Å². The number of hydrogen-bond donors (Lipinski definition) is 3. The number of halogens is 2. The van der Waals surface area contributed by atoms with Crippen LogP contribution in [0.15, 0.2) is 72.9 Å². The van der Waals surface area contributed by atoms with Crippen molar-refractivity contribution in [2.45, 2.75) is 13.3 Å². The molecular formula is C24H20F2N6O. The number of amides is 1. The van der Waals surface area contributed by atoms with Crippen molar-refractivity contribution in [3.8, 4) is 0 Å². The van der Waals surface area contributed by atoms with Gasteiger partial charge in [-0.05, 0) is 55.0 Å². The number of nitrogens with zero attached hydrogens (tertiary/aromatic N) is 3. The molecule has 9 heteroatoms. The maximum atomic E-state index is 13.7. The van der Waals surface area contributed by atoms with Gasteiger partial charge in [0.2, 0.25) is 5.91 Å². The summed E-state index contributed by atoms with van der Waals surface area (Å²) in [6.45, 7) is 1.79. The molecule has 0 aliphatic rings. The maximum absolute atomic E-state index is 13.7. The Bertz CT molecular complexity index is 1270. The predicted molar refractivity (Wildman–Crippen MR) is 123 cm³/mol. The van der Waals surface area contributed by atoms with Gasteiger partial charge in [0.1, 0.15) is 34.9 Å². The van der Waals surface area contributed by atoms with E-state index in [-0.39, 0.29) is 12.0 Å². The molecule has 166 valence electrons. The van der Waals surface area contributed by atoms with Crippen LogP contribution >= 0.6 is 0 Å². The fourth-order valence-corrected chi connectivity index (χ4v) is 3.09.